The molecule has 5 nitrogen and oxygen atoms in total. The van der Waals surface area contributed by atoms with Crippen LogP contribution in [0.3, 0.4) is 0 Å². The first-order valence-corrected chi connectivity index (χ1v) is 6.43. The van der Waals surface area contributed by atoms with Crippen molar-refractivity contribution < 1.29 is 5.11 Å². The summed E-state index contributed by atoms with van der Waals surface area (Å²) in [6.07, 6.45) is 2.18. The third-order valence-electron chi connectivity index (χ3n) is 3.16. The topological polar surface area (TPSA) is 52.5 Å². The highest BCUT2D eigenvalue weighted by Crippen LogP contribution is 2.27. The minimum absolute atomic E-state index is 0.251. The Hall–Kier alpha value is -0.910. The van der Waals surface area contributed by atoms with E-state index in [0.29, 0.717) is 6.54 Å². The predicted octanol–water partition coefficient (Wildman–Crippen LogP) is 0.940. The summed E-state index contributed by atoms with van der Waals surface area (Å²) in [4.78, 5) is 12.5. The van der Waals surface area contributed by atoms with Gasteiger partial charge in [0.1, 0.15) is 5.82 Å². The van der Waals surface area contributed by atoms with E-state index in [4.69, 9.17) is 11.6 Å². The smallest absolute Gasteiger partial charge is 0.224 e. The number of likely N-dealkylation sites (N-methyl/N-ethyl adjacent to an activating group) is 1. The largest absolute Gasteiger partial charge is 0.391 e. The fourth-order valence-corrected chi connectivity index (χ4v) is 2.58. The van der Waals surface area contributed by atoms with Crippen molar-refractivity contribution in [3.8, 4) is 0 Å². The second-order valence-electron chi connectivity index (χ2n) is 5.10. The summed E-state index contributed by atoms with van der Waals surface area (Å²) in [5.41, 5.74) is 0.984. The highest BCUT2D eigenvalue weighted by atomic mass is 35.5. The monoisotopic (exact) mass is 270 g/mol. The van der Waals surface area contributed by atoms with Gasteiger partial charge in [-0.1, -0.05) is 0 Å². The molecule has 1 aliphatic rings. The molecule has 18 heavy (non-hydrogen) atoms. The van der Waals surface area contributed by atoms with Crippen molar-refractivity contribution in [2.75, 3.05) is 32.1 Å². The van der Waals surface area contributed by atoms with E-state index in [2.05, 4.69) is 19.8 Å². The van der Waals surface area contributed by atoms with Gasteiger partial charge in [-0.3, -0.25) is 0 Å². The molecule has 1 aromatic rings. The molecule has 1 aliphatic heterocycles. The van der Waals surface area contributed by atoms with Gasteiger partial charge in [0.15, 0.2) is 0 Å². The molecular weight excluding hydrogens is 252 g/mol. The van der Waals surface area contributed by atoms with Crippen molar-refractivity contribution >= 4 is 17.4 Å². The second kappa shape index (κ2) is 5.38. The lowest BCUT2D eigenvalue weighted by atomic mass is 10.2. The Bertz CT molecular complexity index is 427. The van der Waals surface area contributed by atoms with Crippen LogP contribution in [0.25, 0.3) is 0 Å². The zero-order valence-corrected chi connectivity index (χ0v) is 11.7. The third-order valence-corrected chi connectivity index (χ3v) is 3.34. The summed E-state index contributed by atoms with van der Waals surface area (Å²) in [6.45, 7) is 3.45. The Morgan fingerprint density at radius 2 is 2.28 bits per heavy atom. The normalized spacial score (nSPS) is 24.0. The molecule has 0 amide bonds. The fraction of sp³-hybridized carbons (Fsp3) is 0.667. The van der Waals surface area contributed by atoms with E-state index in [0.717, 1.165) is 24.3 Å². The maximum Gasteiger partial charge on any atom is 0.224 e. The fourth-order valence-electron chi connectivity index (χ4n) is 2.45. The molecule has 1 fully saturated rings. The molecule has 0 bridgehead atoms. The molecule has 0 aromatic carbocycles. The first-order valence-electron chi connectivity index (χ1n) is 6.06. The SMILES string of the molecule is Cc1cnc(Cl)nc1N1CC(O)CC1CN(C)C. The Balaban J connectivity index is 2.26. The van der Waals surface area contributed by atoms with Crippen LogP contribution in [0.4, 0.5) is 5.82 Å². The van der Waals surface area contributed by atoms with Crippen LogP contribution < -0.4 is 4.90 Å². The molecule has 1 saturated heterocycles. The molecule has 1 N–H and O–H groups in total. The zero-order valence-electron chi connectivity index (χ0n) is 11.0. The van der Waals surface area contributed by atoms with Crippen molar-refractivity contribution in [3.05, 3.63) is 17.0 Å². The number of β-amino-alcohol motifs (C(OH)–C–C–N with tert-alkyl or cyclic N) is 1. The van der Waals surface area contributed by atoms with Crippen LogP contribution in [0.5, 0.6) is 0 Å². The first kappa shape index (κ1) is 13.5. The number of hydrogen-bond acceptors (Lipinski definition) is 5. The minimum Gasteiger partial charge on any atom is -0.391 e. The maximum absolute atomic E-state index is 9.87. The van der Waals surface area contributed by atoms with Gasteiger partial charge in [-0.05, 0) is 39.0 Å². The van der Waals surface area contributed by atoms with E-state index in [1.165, 1.54) is 0 Å². The Morgan fingerprint density at radius 3 is 2.94 bits per heavy atom. The van der Waals surface area contributed by atoms with Crippen LogP contribution in [-0.4, -0.2) is 59.3 Å². The minimum atomic E-state index is -0.303. The van der Waals surface area contributed by atoms with E-state index < -0.39 is 0 Å². The lowest BCUT2D eigenvalue weighted by Crippen LogP contribution is -2.38. The van der Waals surface area contributed by atoms with Crippen LogP contribution in [0.2, 0.25) is 5.28 Å². The van der Waals surface area contributed by atoms with E-state index in [-0.39, 0.29) is 17.4 Å². The summed E-state index contributed by atoms with van der Waals surface area (Å²) in [5, 5.41) is 10.1. The van der Waals surface area contributed by atoms with E-state index in [1.807, 2.05) is 21.0 Å². The molecule has 2 heterocycles. The van der Waals surface area contributed by atoms with Crippen LogP contribution in [-0.2, 0) is 0 Å². The summed E-state index contributed by atoms with van der Waals surface area (Å²) < 4.78 is 0. The number of nitrogens with zero attached hydrogens (tertiary/aromatic N) is 4. The van der Waals surface area contributed by atoms with Crippen molar-refractivity contribution in [2.24, 2.45) is 0 Å². The lowest BCUT2D eigenvalue weighted by molar-refractivity contribution is 0.191. The van der Waals surface area contributed by atoms with Crippen LogP contribution in [0, 0.1) is 6.92 Å². The van der Waals surface area contributed by atoms with Gasteiger partial charge in [-0.15, -0.1) is 0 Å². The van der Waals surface area contributed by atoms with Crippen LogP contribution in [0.1, 0.15) is 12.0 Å². The summed E-state index contributed by atoms with van der Waals surface area (Å²) in [6, 6.07) is 0.264. The number of halogens is 1. The standard InChI is InChI=1S/C12H19ClN4O/c1-8-5-14-12(13)15-11(8)17-7-10(18)4-9(17)6-16(2)3/h5,9-10,18H,4,6-7H2,1-3H3. The molecular formula is C12H19ClN4O. The summed E-state index contributed by atoms with van der Waals surface area (Å²) in [5.74, 6) is 0.832. The lowest BCUT2D eigenvalue weighted by Gasteiger charge is -2.28. The number of anilines is 1. The van der Waals surface area contributed by atoms with E-state index in [9.17, 15) is 5.11 Å². The molecule has 2 rings (SSSR count). The number of rotatable bonds is 3. The Morgan fingerprint density at radius 1 is 1.56 bits per heavy atom. The van der Waals surface area contributed by atoms with Gasteiger partial charge >= 0.3 is 0 Å². The highest BCUT2D eigenvalue weighted by molar-refractivity contribution is 6.28. The van der Waals surface area contributed by atoms with Crippen LogP contribution in [0.15, 0.2) is 6.20 Å². The Kier molecular flexibility index (Phi) is 4.04. The molecule has 2 atom stereocenters. The summed E-state index contributed by atoms with van der Waals surface area (Å²) >= 11 is 5.86. The third kappa shape index (κ3) is 2.91. The van der Waals surface area contributed by atoms with Gasteiger partial charge in [-0.2, -0.15) is 0 Å². The number of aliphatic hydroxyl groups is 1. The molecule has 0 spiro atoms. The average molecular weight is 271 g/mol. The molecule has 0 radical (unpaired) electrons. The van der Waals surface area contributed by atoms with Gasteiger partial charge in [0.05, 0.1) is 6.10 Å². The quantitative estimate of drug-likeness (QED) is 0.829. The van der Waals surface area contributed by atoms with E-state index in [1.54, 1.807) is 6.20 Å². The van der Waals surface area contributed by atoms with Gasteiger partial charge in [0.25, 0.3) is 0 Å². The van der Waals surface area contributed by atoms with E-state index >= 15 is 0 Å². The van der Waals surface area contributed by atoms with Crippen molar-refractivity contribution in [2.45, 2.75) is 25.5 Å². The van der Waals surface area contributed by atoms with Gasteiger partial charge < -0.3 is 14.9 Å². The second-order valence-corrected chi connectivity index (χ2v) is 5.44. The van der Waals surface area contributed by atoms with Crippen LogP contribution >= 0.6 is 11.6 Å². The number of aliphatic hydroxyl groups excluding tert-OH is 1. The van der Waals surface area contributed by atoms with Gasteiger partial charge in [-0.25, -0.2) is 9.97 Å². The van der Waals surface area contributed by atoms with Crippen molar-refractivity contribution in [1.82, 2.24) is 14.9 Å². The molecule has 1 aromatic heterocycles. The highest BCUT2D eigenvalue weighted by Gasteiger charge is 2.33. The molecule has 0 aliphatic carbocycles. The number of aromatic nitrogens is 2. The molecule has 2 unspecified atom stereocenters. The average Bonchev–Trinajstić information content (AvgIpc) is 2.62. The van der Waals surface area contributed by atoms with Gasteiger partial charge in [0.2, 0.25) is 5.28 Å². The van der Waals surface area contributed by atoms with Crippen molar-refractivity contribution in [1.29, 1.82) is 0 Å². The van der Waals surface area contributed by atoms with Crippen molar-refractivity contribution in [3.63, 3.8) is 0 Å². The van der Waals surface area contributed by atoms with Gasteiger partial charge in [0, 0.05) is 30.9 Å². The number of hydrogen-bond donors (Lipinski definition) is 1. The molecule has 100 valence electrons. The first-order chi connectivity index (χ1) is 8.47. The molecule has 0 saturated carbocycles. The predicted molar refractivity (Wildman–Crippen MR) is 72.1 cm³/mol. The zero-order chi connectivity index (χ0) is 13.3. The number of aryl methyl sites for hydroxylation is 1. The molecule has 6 heteroatoms. The Labute approximate surface area is 112 Å². The summed E-state index contributed by atoms with van der Waals surface area (Å²) in [7, 11) is 4.06. The maximum atomic E-state index is 9.87.